The van der Waals surface area contributed by atoms with E-state index in [-0.39, 0.29) is 29.7 Å². The van der Waals surface area contributed by atoms with Crippen LogP contribution in [-0.4, -0.2) is 47.3 Å². The van der Waals surface area contributed by atoms with Crippen LogP contribution in [0.4, 0.5) is 0 Å². The van der Waals surface area contributed by atoms with Crippen molar-refractivity contribution in [3.63, 3.8) is 0 Å². The molecule has 5 rings (SSSR count). The fourth-order valence-corrected chi connectivity index (χ4v) is 5.00. The Morgan fingerprint density at radius 1 is 1.18 bits per heavy atom. The first-order valence-electron chi connectivity index (χ1n) is 10.0. The first-order chi connectivity index (χ1) is 13.5. The van der Waals surface area contributed by atoms with E-state index in [2.05, 4.69) is 17.3 Å². The Kier molecular flexibility index (Phi) is 4.08. The second kappa shape index (κ2) is 6.51. The molecule has 2 saturated heterocycles. The number of aromatic nitrogens is 1. The summed E-state index contributed by atoms with van der Waals surface area (Å²) < 4.78 is 12.8. The monoisotopic (exact) mass is 383 g/mol. The normalized spacial score (nSPS) is 26.0. The van der Waals surface area contributed by atoms with Crippen LogP contribution in [0.2, 0.25) is 0 Å². The third-order valence-electron chi connectivity index (χ3n) is 6.59. The molecular weight excluding hydrogens is 358 g/mol. The van der Waals surface area contributed by atoms with E-state index >= 15 is 0 Å². The number of nitrogens with zero attached hydrogens (tertiary/aromatic N) is 2. The van der Waals surface area contributed by atoms with E-state index < -0.39 is 0 Å². The van der Waals surface area contributed by atoms with Gasteiger partial charge in [-0.25, -0.2) is 0 Å². The quantitative estimate of drug-likeness (QED) is 0.879. The van der Waals surface area contributed by atoms with Crippen LogP contribution in [0.5, 0.6) is 11.5 Å². The van der Waals surface area contributed by atoms with Crippen LogP contribution in [0, 0.1) is 0 Å². The lowest BCUT2D eigenvalue weighted by atomic mass is 9.97. The number of carbonyl (C=O) groups is 1. The minimum atomic E-state index is -0.277. The molecule has 1 N–H and O–H groups in total. The second-order valence-corrected chi connectivity index (χ2v) is 8.07. The lowest BCUT2D eigenvalue weighted by Gasteiger charge is -2.36. The predicted octanol–water partition coefficient (Wildman–Crippen LogP) is 2.11. The molecule has 2 aromatic rings. The SMILES string of the molecule is CCn1cc(C(=O)NC2CC3CCC(C2)N3C)c(=O)c2cc3c(cc21)OCO3. The van der Waals surface area contributed by atoms with Crippen molar-refractivity contribution in [3.8, 4) is 11.5 Å². The van der Waals surface area contributed by atoms with E-state index in [0.717, 1.165) is 18.4 Å². The number of pyridine rings is 1. The molecule has 1 aromatic carbocycles. The second-order valence-electron chi connectivity index (χ2n) is 8.07. The first-order valence-corrected chi connectivity index (χ1v) is 10.0. The summed E-state index contributed by atoms with van der Waals surface area (Å²) in [5.74, 6) is 0.908. The van der Waals surface area contributed by atoms with Crippen molar-refractivity contribution in [1.29, 1.82) is 0 Å². The maximum absolute atomic E-state index is 13.1. The Morgan fingerprint density at radius 2 is 1.86 bits per heavy atom. The van der Waals surface area contributed by atoms with Gasteiger partial charge in [0.1, 0.15) is 5.56 Å². The zero-order chi connectivity index (χ0) is 19.4. The van der Waals surface area contributed by atoms with Crippen molar-refractivity contribution < 1.29 is 14.3 Å². The van der Waals surface area contributed by atoms with Crippen LogP contribution in [-0.2, 0) is 6.54 Å². The third-order valence-corrected chi connectivity index (χ3v) is 6.59. The number of carbonyl (C=O) groups excluding carboxylic acids is 1. The molecule has 7 nitrogen and oxygen atoms in total. The maximum Gasteiger partial charge on any atom is 0.256 e. The molecule has 4 heterocycles. The van der Waals surface area contributed by atoms with Gasteiger partial charge in [-0.1, -0.05) is 0 Å². The number of benzene rings is 1. The molecule has 3 aliphatic rings. The fraction of sp³-hybridized carbons (Fsp3) is 0.524. The smallest absolute Gasteiger partial charge is 0.256 e. The van der Waals surface area contributed by atoms with E-state index in [1.54, 1.807) is 12.3 Å². The zero-order valence-corrected chi connectivity index (χ0v) is 16.2. The molecule has 2 bridgehead atoms. The van der Waals surface area contributed by atoms with Crippen LogP contribution in [0.15, 0.2) is 23.1 Å². The molecule has 0 saturated carbocycles. The van der Waals surface area contributed by atoms with Crippen LogP contribution >= 0.6 is 0 Å². The van der Waals surface area contributed by atoms with Gasteiger partial charge in [-0.3, -0.25) is 9.59 Å². The van der Waals surface area contributed by atoms with Crippen LogP contribution < -0.4 is 20.2 Å². The average Bonchev–Trinajstić information content (AvgIpc) is 3.21. The standard InChI is InChI=1S/C21H25N3O4/c1-3-24-10-16(20(25)15-8-18-19(9-17(15)24)28-11-27-18)21(26)22-12-6-13-4-5-14(7-12)23(13)2/h8-10,12-14H,3-7,11H2,1-2H3,(H,22,26). The summed E-state index contributed by atoms with van der Waals surface area (Å²) in [6.45, 7) is 2.79. The molecule has 28 heavy (non-hydrogen) atoms. The van der Waals surface area contributed by atoms with Gasteiger partial charge in [0.2, 0.25) is 12.2 Å². The lowest BCUT2D eigenvalue weighted by Crippen LogP contribution is -2.49. The third kappa shape index (κ3) is 2.68. The molecule has 2 unspecified atom stereocenters. The summed E-state index contributed by atoms with van der Waals surface area (Å²) in [4.78, 5) is 28.5. The number of aryl methyl sites for hydroxylation is 1. The van der Waals surface area contributed by atoms with Crippen LogP contribution in [0.1, 0.15) is 43.0 Å². The molecule has 148 valence electrons. The Labute approximate surface area is 163 Å². The van der Waals surface area contributed by atoms with Gasteiger partial charge in [-0.05, 0) is 45.7 Å². The highest BCUT2D eigenvalue weighted by Gasteiger charge is 2.39. The summed E-state index contributed by atoms with van der Waals surface area (Å²) >= 11 is 0. The number of fused-ring (bicyclic) bond motifs is 4. The van der Waals surface area contributed by atoms with Crippen molar-refractivity contribution in [1.82, 2.24) is 14.8 Å². The van der Waals surface area contributed by atoms with Crippen molar-refractivity contribution in [2.45, 2.75) is 57.3 Å². The highest BCUT2D eigenvalue weighted by Crippen LogP contribution is 2.36. The number of hydrogen-bond donors (Lipinski definition) is 1. The van der Waals surface area contributed by atoms with E-state index in [1.807, 2.05) is 17.6 Å². The number of ether oxygens (including phenoxy) is 2. The fourth-order valence-electron chi connectivity index (χ4n) is 5.00. The maximum atomic E-state index is 13.1. The summed E-state index contributed by atoms with van der Waals surface area (Å²) in [5.41, 5.74) is 0.691. The molecule has 2 fully saturated rings. The molecule has 2 atom stereocenters. The summed E-state index contributed by atoms with van der Waals surface area (Å²) in [5, 5.41) is 3.62. The summed E-state index contributed by atoms with van der Waals surface area (Å²) in [6, 6.07) is 4.71. The van der Waals surface area contributed by atoms with E-state index in [1.165, 1.54) is 12.8 Å². The van der Waals surface area contributed by atoms with Crippen molar-refractivity contribution in [3.05, 3.63) is 34.1 Å². The average molecular weight is 383 g/mol. The predicted molar refractivity (Wildman–Crippen MR) is 105 cm³/mol. The van der Waals surface area contributed by atoms with E-state index in [4.69, 9.17) is 9.47 Å². The van der Waals surface area contributed by atoms with Crippen LogP contribution in [0.3, 0.4) is 0 Å². The Bertz CT molecular complexity index is 1000. The molecule has 1 amide bonds. The number of amides is 1. The highest BCUT2D eigenvalue weighted by atomic mass is 16.7. The highest BCUT2D eigenvalue weighted by molar-refractivity contribution is 5.98. The number of piperidine rings is 1. The largest absolute Gasteiger partial charge is 0.454 e. The van der Waals surface area contributed by atoms with Gasteiger partial charge >= 0.3 is 0 Å². The topological polar surface area (TPSA) is 72.8 Å². The van der Waals surface area contributed by atoms with Gasteiger partial charge in [0.05, 0.1) is 10.9 Å². The molecule has 0 radical (unpaired) electrons. The number of rotatable bonds is 3. The van der Waals surface area contributed by atoms with E-state index in [0.29, 0.717) is 35.5 Å². The minimum Gasteiger partial charge on any atom is -0.454 e. The van der Waals surface area contributed by atoms with Gasteiger partial charge in [-0.15, -0.1) is 0 Å². The van der Waals surface area contributed by atoms with Gasteiger partial charge < -0.3 is 24.3 Å². The summed E-state index contributed by atoms with van der Waals surface area (Å²) in [7, 11) is 2.17. The minimum absolute atomic E-state index is 0.128. The molecule has 1 aromatic heterocycles. The van der Waals surface area contributed by atoms with Crippen molar-refractivity contribution >= 4 is 16.8 Å². The Morgan fingerprint density at radius 3 is 2.54 bits per heavy atom. The number of hydrogen-bond acceptors (Lipinski definition) is 5. The van der Waals surface area contributed by atoms with Crippen molar-refractivity contribution in [2.24, 2.45) is 0 Å². The van der Waals surface area contributed by atoms with Gasteiger partial charge in [0, 0.05) is 36.9 Å². The molecule has 0 aliphatic carbocycles. The Balaban J connectivity index is 1.48. The molecule has 3 aliphatic heterocycles. The lowest BCUT2D eigenvalue weighted by molar-refractivity contribution is 0.0881. The first kappa shape index (κ1) is 17.6. The van der Waals surface area contributed by atoms with Gasteiger partial charge in [-0.2, -0.15) is 0 Å². The zero-order valence-electron chi connectivity index (χ0n) is 16.2. The number of nitrogens with one attached hydrogen (secondary N) is 1. The summed E-state index contributed by atoms with van der Waals surface area (Å²) in [6.07, 6.45) is 5.96. The molecule has 0 spiro atoms. The van der Waals surface area contributed by atoms with Crippen LogP contribution in [0.25, 0.3) is 10.9 Å². The van der Waals surface area contributed by atoms with Gasteiger partial charge in [0.15, 0.2) is 11.5 Å². The van der Waals surface area contributed by atoms with Gasteiger partial charge in [0.25, 0.3) is 5.91 Å². The molecular formula is C21H25N3O4. The molecule has 7 heteroatoms. The van der Waals surface area contributed by atoms with E-state index in [9.17, 15) is 9.59 Å². The van der Waals surface area contributed by atoms with Crippen molar-refractivity contribution in [2.75, 3.05) is 13.8 Å². The Hall–Kier alpha value is -2.54.